The summed E-state index contributed by atoms with van der Waals surface area (Å²) in [5, 5.41) is 11.7. The summed E-state index contributed by atoms with van der Waals surface area (Å²) in [6.07, 6.45) is 1.13. The molecule has 1 heterocycles. The maximum atomic E-state index is 7.24. The zero-order valence-corrected chi connectivity index (χ0v) is 10.9. The van der Waals surface area contributed by atoms with Crippen LogP contribution in [0.4, 0.5) is 0 Å². The molecule has 0 amide bonds. The second-order valence-corrected chi connectivity index (χ2v) is 4.06. The third-order valence-corrected chi connectivity index (χ3v) is 2.40. The van der Waals surface area contributed by atoms with E-state index in [1.54, 1.807) is 0 Å². The van der Waals surface area contributed by atoms with Crippen LogP contribution in [-0.4, -0.2) is 29.3 Å². The molecule has 6 heteroatoms. The predicted octanol–water partition coefficient (Wildman–Crippen LogP) is 2.01. The number of hydrogen-bond acceptors (Lipinski definition) is 4. The third-order valence-electron chi connectivity index (χ3n) is 1.54. The summed E-state index contributed by atoms with van der Waals surface area (Å²) in [5.74, 6) is 0.813. The second-order valence-electron chi connectivity index (χ2n) is 3.08. The molecule has 14 heavy (non-hydrogen) atoms. The first kappa shape index (κ1) is 13.9. The Hall–Kier alpha value is -0.0700. The van der Waals surface area contributed by atoms with Crippen molar-refractivity contribution in [2.75, 3.05) is 12.4 Å². The van der Waals surface area contributed by atoms with Crippen molar-refractivity contribution in [3.05, 3.63) is 0 Å². The normalized spacial score (nSPS) is 15.9. The molecule has 0 aromatic rings. The number of rotatable bonds is 4. The maximum absolute atomic E-state index is 7.24. The van der Waals surface area contributed by atoms with Crippen LogP contribution in [0, 0.1) is 5.41 Å². The Bertz CT molecular complexity index is 221. The van der Waals surface area contributed by atoms with Crippen LogP contribution in [0.1, 0.15) is 20.3 Å². The van der Waals surface area contributed by atoms with Crippen molar-refractivity contribution in [3.63, 3.8) is 0 Å². The minimum Gasteiger partial charge on any atom is -0.378 e. The van der Waals surface area contributed by atoms with Gasteiger partial charge in [0.1, 0.15) is 0 Å². The molecular formula is C8H16BrN3OS. The molecule has 1 aliphatic heterocycles. The molecule has 1 aliphatic rings. The number of ether oxygens (including phenoxy) is 1. The number of hydrogen-bond donors (Lipinski definition) is 2. The van der Waals surface area contributed by atoms with E-state index in [0.29, 0.717) is 11.8 Å². The minimum absolute atomic E-state index is 0. The zero-order chi connectivity index (χ0) is 9.68. The maximum Gasteiger partial charge on any atom is 0.174 e. The average Bonchev–Trinajstić information content (AvgIpc) is 2.08. The third kappa shape index (κ3) is 5.62. The molecule has 0 saturated carbocycles. The monoisotopic (exact) mass is 281 g/mol. The molecule has 0 radical (unpaired) electrons. The first-order valence-corrected chi connectivity index (χ1v) is 5.31. The summed E-state index contributed by atoms with van der Waals surface area (Å²) >= 11 is 1.47. The lowest BCUT2D eigenvalue weighted by Gasteiger charge is -2.13. The van der Waals surface area contributed by atoms with Crippen LogP contribution in [0.15, 0.2) is 5.10 Å². The molecule has 4 nitrogen and oxygen atoms in total. The van der Waals surface area contributed by atoms with Crippen molar-refractivity contribution in [1.29, 1.82) is 5.41 Å². The zero-order valence-electron chi connectivity index (χ0n) is 8.37. The predicted molar refractivity (Wildman–Crippen MR) is 66.8 cm³/mol. The lowest BCUT2D eigenvalue weighted by molar-refractivity contribution is 0.0845. The van der Waals surface area contributed by atoms with E-state index in [1.807, 2.05) is 13.8 Å². The second kappa shape index (κ2) is 7.25. The first-order valence-electron chi connectivity index (χ1n) is 4.33. The van der Waals surface area contributed by atoms with Crippen molar-refractivity contribution < 1.29 is 4.74 Å². The number of nitrogens with zero attached hydrogens (tertiary/aromatic N) is 1. The van der Waals surface area contributed by atoms with Gasteiger partial charge in [0, 0.05) is 12.2 Å². The highest BCUT2D eigenvalue weighted by Crippen LogP contribution is 2.08. The highest BCUT2D eigenvalue weighted by atomic mass is 79.9. The summed E-state index contributed by atoms with van der Waals surface area (Å²) in [6.45, 7) is 4.75. The Morgan fingerprint density at radius 3 is 2.86 bits per heavy atom. The van der Waals surface area contributed by atoms with Gasteiger partial charge in [0.2, 0.25) is 0 Å². The van der Waals surface area contributed by atoms with Gasteiger partial charge in [0.15, 0.2) is 5.17 Å². The Morgan fingerprint density at radius 1 is 1.64 bits per heavy atom. The van der Waals surface area contributed by atoms with E-state index >= 15 is 0 Å². The highest BCUT2D eigenvalue weighted by molar-refractivity contribution is 8.93. The lowest BCUT2D eigenvalue weighted by Crippen LogP contribution is -2.24. The van der Waals surface area contributed by atoms with E-state index in [-0.39, 0.29) is 23.1 Å². The van der Waals surface area contributed by atoms with Crippen LogP contribution in [0.3, 0.4) is 0 Å². The SMILES string of the molecule is Br.CC(C)OCCC1=NNC(=N)SC1. The van der Waals surface area contributed by atoms with Gasteiger partial charge in [-0.25, -0.2) is 0 Å². The van der Waals surface area contributed by atoms with Crippen LogP contribution in [0.5, 0.6) is 0 Å². The minimum atomic E-state index is 0. The topological polar surface area (TPSA) is 57.5 Å². The van der Waals surface area contributed by atoms with E-state index in [0.717, 1.165) is 17.9 Å². The van der Waals surface area contributed by atoms with Crippen molar-refractivity contribution >= 4 is 39.6 Å². The molecule has 0 unspecified atom stereocenters. The fourth-order valence-corrected chi connectivity index (χ4v) is 1.52. The van der Waals surface area contributed by atoms with E-state index in [4.69, 9.17) is 10.1 Å². The summed E-state index contributed by atoms with van der Waals surface area (Å²) in [5.41, 5.74) is 3.72. The summed E-state index contributed by atoms with van der Waals surface area (Å²) < 4.78 is 5.40. The van der Waals surface area contributed by atoms with Gasteiger partial charge in [-0.1, -0.05) is 11.8 Å². The highest BCUT2D eigenvalue weighted by Gasteiger charge is 2.09. The Balaban J connectivity index is 0.00000169. The number of halogens is 1. The van der Waals surface area contributed by atoms with Gasteiger partial charge >= 0.3 is 0 Å². The van der Waals surface area contributed by atoms with Crippen LogP contribution >= 0.6 is 28.7 Å². The van der Waals surface area contributed by atoms with Crippen LogP contribution in [0.2, 0.25) is 0 Å². The number of thioether (sulfide) groups is 1. The standard InChI is InChI=1S/C8H15N3OS.BrH/c1-6(2)12-4-3-7-5-13-8(9)11-10-7;/h6H,3-5H2,1-2H3,(H2,9,11);1H. The molecule has 1 rings (SSSR count). The van der Waals surface area contributed by atoms with Gasteiger partial charge < -0.3 is 4.74 Å². The van der Waals surface area contributed by atoms with Gasteiger partial charge in [-0.3, -0.25) is 10.8 Å². The van der Waals surface area contributed by atoms with Gasteiger partial charge in [-0.15, -0.1) is 17.0 Å². The Morgan fingerprint density at radius 2 is 2.36 bits per heavy atom. The molecule has 82 valence electrons. The van der Waals surface area contributed by atoms with Gasteiger partial charge in [-0.2, -0.15) is 5.10 Å². The molecule has 0 fully saturated rings. The van der Waals surface area contributed by atoms with E-state index in [2.05, 4.69) is 10.5 Å². The largest absolute Gasteiger partial charge is 0.378 e. The van der Waals surface area contributed by atoms with Crippen molar-refractivity contribution in [1.82, 2.24) is 5.43 Å². The molecule has 0 aromatic carbocycles. The molecule has 0 aliphatic carbocycles. The quantitative estimate of drug-likeness (QED) is 0.829. The number of hydrazone groups is 1. The molecule has 2 N–H and O–H groups in total. The van der Waals surface area contributed by atoms with E-state index in [9.17, 15) is 0 Å². The Kier molecular flexibility index (Phi) is 7.22. The average molecular weight is 282 g/mol. The lowest BCUT2D eigenvalue weighted by atomic mass is 10.3. The Labute approximate surface area is 99.1 Å². The van der Waals surface area contributed by atoms with Crippen LogP contribution < -0.4 is 5.43 Å². The number of nitrogens with one attached hydrogen (secondary N) is 2. The number of amidine groups is 1. The smallest absolute Gasteiger partial charge is 0.174 e. The molecule has 0 spiro atoms. The first-order chi connectivity index (χ1) is 6.18. The van der Waals surface area contributed by atoms with E-state index < -0.39 is 0 Å². The molecule has 0 aromatic heterocycles. The van der Waals surface area contributed by atoms with E-state index in [1.165, 1.54) is 11.8 Å². The fraction of sp³-hybridized carbons (Fsp3) is 0.750. The van der Waals surface area contributed by atoms with Gasteiger partial charge in [0.05, 0.1) is 18.4 Å². The molecule has 0 saturated heterocycles. The fourth-order valence-electron chi connectivity index (χ4n) is 0.890. The summed E-state index contributed by atoms with van der Waals surface area (Å²) in [4.78, 5) is 0. The van der Waals surface area contributed by atoms with Crippen LogP contribution in [-0.2, 0) is 4.74 Å². The molecule has 0 bridgehead atoms. The van der Waals surface area contributed by atoms with Gasteiger partial charge in [-0.05, 0) is 13.8 Å². The summed E-state index contributed by atoms with van der Waals surface area (Å²) in [7, 11) is 0. The van der Waals surface area contributed by atoms with Crippen LogP contribution in [0.25, 0.3) is 0 Å². The summed E-state index contributed by atoms with van der Waals surface area (Å²) in [6, 6.07) is 0. The van der Waals surface area contributed by atoms with Crippen molar-refractivity contribution in [2.24, 2.45) is 5.10 Å². The van der Waals surface area contributed by atoms with Crippen molar-refractivity contribution in [3.8, 4) is 0 Å². The van der Waals surface area contributed by atoms with Gasteiger partial charge in [0.25, 0.3) is 0 Å². The molecule has 0 atom stereocenters. The molecular weight excluding hydrogens is 266 g/mol. The van der Waals surface area contributed by atoms with Crippen molar-refractivity contribution in [2.45, 2.75) is 26.4 Å².